The van der Waals surface area contributed by atoms with Crippen molar-refractivity contribution in [3.8, 4) is 11.5 Å². The second-order valence-corrected chi connectivity index (χ2v) is 8.48. The molecular weight excluding hydrogens is 562 g/mol. The van der Waals surface area contributed by atoms with Crippen LogP contribution in [0, 0.1) is 3.57 Å². The number of ether oxygens (including phenoxy) is 2. The number of hydrogen-bond acceptors (Lipinski definition) is 5. The third-order valence-corrected chi connectivity index (χ3v) is 5.70. The molecule has 1 saturated heterocycles. The van der Waals surface area contributed by atoms with Crippen LogP contribution in [0.1, 0.15) is 18.1 Å². The number of rotatable bonds is 6. The van der Waals surface area contributed by atoms with Crippen molar-refractivity contribution in [2.45, 2.75) is 13.5 Å². The van der Waals surface area contributed by atoms with Crippen LogP contribution in [-0.4, -0.2) is 23.5 Å². The van der Waals surface area contributed by atoms with Gasteiger partial charge in [-0.05, 0) is 83.2 Å². The molecule has 0 saturated carbocycles. The Kier molecular flexibility index (Phi) is 7.56. The molecule has 2 aromatic rings. The van der Waals surface area contributed by atoms with Gasteiger partial charge in [0.2, 0.25) is 0 Å². The first kappa shape index (κ1) is 22.8. The number of thiocarbonyl (C=S) groups is 1. The molecule has 2 amide bonds. The molecule has 3 rings (SSSR count). The van der Waals surface area contributed by atoms with Crippen LogP contribution in [0.2, 0.25) is 10.0 Å². The predicted octanol–water partition coefficient (Wildman–Crippen LogP) is 4.49. The quantitative estimate of drug-likeness (QED) is 0.229. The highest BCUT2D eigenvalue weighted by atomic mass is 127. The second-order valence-electron chi connectivity index (χ2n) is 6.10. The molecule has 0 unspecified atom stereocenters. The maximum absolute atomic E-state index is 12.1. The monoisotopic (exact) mass is 576 g/mol. The van der Waals surface area contributed by atoms with E-state index in [1.54, 1.807) is 24.3 Å². The summed E-state index contributed by atoms with van der Waals surface area (Å²) < 4.78 is 12.4. The molecule has 2 N–H and O–H groups in total. The van der Waals surface area contributed by atoms with E-state index in [4.69, 9.17) is 44.9 Å². The van der Waals surface area contributed by atoms with E-state index in [2.05, 4.69) is 33.2 Å². The van der Waals surface area contributed by atoms with E-state index in [0.29, 0.717) is 33.7 Å². The van der Waals surface area contributed by atoms with Crippen molar-refractivity contribution in [2.75, 3.05) is 6.61 Å². The summed E-state index contributed by atoms with van der Waals surface area (Å²) in [6.07, 6.45) is 1.47. The highest BCUT2D eigenvalue weighted by Crippen LogP contribution is 2.36. The van der Waals surface area contributed by atoms with Gasteiger partial charge in [0.05, 0.1) is 20.2 Å². The molecule has 1 heterocycles. The van der Waals surface area contributed by atoms with E-state index in [1.807, 2.05) is 13.0 Å². The van der Waals surface area contributed by atoms with Gasteiger partial charge in [-0.1, -0.05) is 29.3 Å². The molecule has 10 heteroatoms. The molecule has 1 aliphatic rings. The molecule has 0 aromatic heterocycles. The Balaban J connectivity index is 1.89. The maximum atomic E-state index is 12.1. The number of nitrogens with one attached hydrogen (secondary N) is 2. The summed E-state index contributed by atoms with van der Waals surface area (Å²) in [5.74, 6) is -0.0822. The highest BCUT2D eigenvalue weighted by molar-refractivity contribution is 14.1. The largest absolute Gasteiger partial charge is 0.490 e. The molecule has 2 aromatic carbocycles. The molecule has 1 aliphatic heterocycles. The summed E-state index contributed by atoms with van der Waals surface area (Å²) in [5, 5.41) is 5.72. The molecule has 6 nitrogen and oxygen atoms in total. The van der Waals surface area contributed by atoms with Gasteiger partial charge in [-0.2, -0.15) is 0 Å². The molecular formula is C20H15Cl2IN2O4S. The topological polar surface area (TPSA) is 76.7 Å². The Morgan fingerprint density at radius 1 is 1.07 bits per heavy atom. The van der Waals surface area contributed by atoms with Gasteiger partial charge in [0.1, 0.15) is 12.2 Å². The summed E-state index contributed by atoms with van der Waals surface area (Å²) >= 11 is 18.9. The Hall–Kier alpha value is -1.88. The van der Waals surface area contributed by atoms with Gasteiger partial charge in [-0.3, -0.25) is 20.2 Å². The fraction of sp³-hybridized carbons (Fsp3) is 0.150. The van der Waals surface area contributed by atoms with E-state index in [0.717, 1.165) is 9.13 Å². The van der Waals surface area contributed by atoms with Crippen molar-refractivity contribution in [3.05, 3.63) is 60.6 Å². The van der Waals surface area contributed by atoms with Gasteiger partial charge in [0.15, 0.2) is 16.6 Å². The smallest absolute Gasteiger partial charge is 0.263 e. The SMILES string of the molecule is CCOc1cc(C=C2C(=O)NC(=S)NC2=O)cc(I)c1OCc1ccc(Cl)c(Cl)c1. The summed E-state index contributed by atoms with van der Waals surface area (Å²) in [4.78, 5) is 24.2. The van der Waals surface area contributed by atoms with E-state index in [1.165, 1.54) is 6.08 Å². The molecule has 0 bridgehead atoms. The Morgan fingerprint density at radius 3 is 2.40 bits per heavy atom. The van der Waals surface area contributed by atoms with Gasteiger partial charge < -0.3 is 9.47 Å². The zero-order valence-electron chi connectivity index (χ0n) is 15.6. The number of carbonyl (C=O) groups is 2. The van der Waals surface area contributed by atoms with Crippen molar-refractivity contribution in [1.82, 2.24) is 10.6 Å². The van der Waals surface area contributed by atoms with E-state index >= 15 is 0 Å². The highest BCUT2D eigenvalue weighted by Gasteiger charge is 2.26. The first-order chi connectivity index (χ1) is 14.3. The lowest BCUT2D eigenvalue weighted by Gasteiger charge is -2.17. The van der Waals surface area contributed by atoms with Crippen LogP contribution in [-0.2, 0) is 16.2 Å². The average molecular weight is 577 g/mol. The Morgan fingerprint density at radius 2 is 1.77 bits per heavy atom. The number of benzene rings is 2. The molecule has 156 valence electrons. The lowest BCUT2D eigenvalue weighted by Crippen LogP contribution is -2.51. The van der Waals surface area contributed by atoms with Crippen LogP contribution in [0.15, 0.2) is 35.9 Å². The van der Waals surface area contributed by atoms with Gasteiger partial charge >= 0.3 is 0 Å². The first-order valence-corrected chi connectivity index (χ1v) is 10.9. The minimum atomic E-state index is -0.559. The molecule has 0 aliphatic carbocycles. The predicted molar refractivity (Wildman–Crippen MR) is 128 cm³/mol. The Labute approximate surface area is 202 Å². The van der Waals surface area contributed by atoms with Crippen LogP contribution < -0.4 is 20.1 Å². The number of hydrogen-bond donors (Lipinski definition) is 2. The zero-order valence-corrected chi connectivity index (χ0v) is 20.0. The van der Waals surface area contributed by atoms with Gasteiger partial charge in [-0.15, -0.1) is 0 Å². The fourth-order valence-corrected chi connectivity index (χ4v) is 3.92. The lowest BCUT2D eigenvalue weighted by atomic mass is 10.1. The van der Waals surface area contributed by atoms with Crippen LogP contribution in [0.5, 0.6) is 11.5 Å². The van der Waals surface area contributed by atoms with Crippen molar-refractivity contribution in [2.24, 2.45) is 0 Å². The van der Waals surface area contributed by atoms with Gasteiger partial charge in [-0.25, -0.2) is 0 Å². The zero-order chi connectivity index (χ0) is 21.8. The molecule has 1 fully saturated rings. The van der Waals surface area contributed by atoms with Gasteiger partial charge in [0.25, 0.3) is 11.8 Å². The third kappa shape index (κ3) is 5.42. The minimum absolute atomic E-state index is 0.0159. The van der Waals surface area contributed by atoms with Crippen molar-refractivity contribution in [1.29, 1.82) is 0 Å². The standard InChI is InChI=1S/C20H15Cl2IN2O4S/c1-2-28-16-8-11(5-12-18(26)24-20(30)25-19(12)27)7-15(23)17(16)29-9-10-3-4-13(21)14(22)6-10/h3-8H,2,9H2,1H3,(H2,24,25,26,27,30). The normalized spacial score (nSPS) is 13.6. The number of carbonyl (C=O) groups excluding carboxylic acids is 2. The van der Waals surface area contributed by atoms with Crippen molar-refractivity contribution in [3.63, 3.8) is 0 Å². The van der Waals surface area contributed by atoms with Crippen LogP contribution in [0.25, 0.3) is 6.08 Å². The second kappa shape index (κ2) is 9.95. The van der Waals surface area contributed by atoms with E-state index in [-0.39, 0.29) is 17.3 Å². The lowest BCUT2D eigenvalue weighted by molar-refractivity contribution is -0.123. The van der Waals surface area contributed by atoms with Crippen LogP contribution >= 0.6 is 58.0 Å². The summed E-state index contributed by atoms with van der Waals surface area (Å²) in [5.41, 5.74) is 1.41. The minimum Gasteiger partial charge on any atom is -0.490 e. The third-order valence-electron chi connectivity index (χ3n) is 3.95. The summed E-state index contributed by atoms with van der Waals surface area (Å²) in [6, 6.07) is 8.76. The molecule has 0 radical (unpaired) electrons. The van der Waals surface area contributed by atoms with E-state index < -0.39 is 11.8 Å². The van der Waals surface area contributed by atoms with E-state index in [9.17, 15) is 9.59 Å². The molecule has 0 spiro atoms. The maximum Gasteiger partial charge on any atom is 0.263 e. The first-order valence-electron chi connectivity index (χ1n) is 8.70. The molecule has 0 atom stereocenters. The van der Waals surface area contributed by atoms with Crippen molar-refractivity contribution < 1.29 is 19.1 Å². The van der Waals surface area contributed by atoms with Crippen LogP contribution in [0.3, 0.4) is 0 Å². The van der Waals surface area contributed by atoms with Crippen molar-refractivity contribution >= 4 is 81.0 Å². The Bertz CT molecular complexity index is 1050. The number of halogens is 3. The summed E-state index contributed by atoms with van der Waals surface area (Å²) in [7, 11) is 0. The molecule has 30 heavy (non-hydrogen) atoms. The van der Waals surface area contributed by atoms with Crippen LogP contribution in [0.4, 0.5) is 0 Å². The average Bonchev–Trinajstić information content (AvgIpc) is 2.67. The number of amides is 2. The fourth-order valence-electron chi connectivity index (χ4n) is 2.63. The summed E-state index contributed by atoms with van der Waals surface area (Å²) in [6.45, 7) is 2.52. The van der Waals surface area contributed by atoms with Gasteiger partial charge in [0, 0.05) is 0 Å².